The summed E-state index contributed by atoms with van der Waals surface area (Å²) in [5.41, 5.74) is 0.502. The van der Waals surface area contributed by atoms with Crippen LogP contribution in [0, 0.1) is 0 Å². The Hall–Kier alpha value is -3.72. The Balaban J connectivity index is 1.88. The predicted octanol–water partition coefficient (Wildman–Crippen LogP) is 4.15. The number of aliphatic hydroxyl groups excluding tert-OH is 1. The zero-order valence-electron chi connectivity index (χ0n) is 17.7. The third-order valence-corrected chi connectivity index (χ3v) is 6.07. The van der Waals surface area contributed by atoms with E-state index in [0.717, 1.165) is 0 Å². The highest BCUT2D eigenvalue weighted by atomic mass is 32.1. The fraction of sp³-hybridized carbons (Fsp3) is 0.217. The van der Waals surface area contributed by atoms with E-state index in [1.807, 2.05) is 0 Å². The molecule has 1 aliphatic rings. The average Bonchev–Trinajstić information content (AvgIpc) is 3.57. The van der Waals surface area contributed by atoms with Gasteiger partial charge in [0.05, 0.1) is 50.6 Å². The minimum absolute atomic E-state index is 0.0155. The number of thiophene rings is 1. The molecule has 0 saturated heterocycles. The lowest BCUT2D eigenvalue weighted by atomic mass is 9.94. The lowest BCUT2D eigenvalue weighted by Gasteiger charge is -2.27. The van der Waals surface area contributed by atoms with Crippen LogP contribution >= 0.6 is 11.3 Å². The summed E-state index contributed by atoms with van der Waals surface area (Å²) in [7, 11) is 4.44. The molecule has 32 heavy (non-hydrogen) atoms. The number of Topliss-reactive ketones (excluding diaryl/α,β-unsaturated/α-hetero) is 1. The quantitative estimate of drug-likeness (QED) is 0.510. The van der Waals surface area contributed by atoms with E-state index in [1.54, 1.807) is 41.8 Å². The number of rotatable bonds is 8. The van der Waals surface area contributed by atoms with Crippen LogP contribution in [0.5, 0.6) is 17.2 Å². The van der Waals surface area contributed by atoms with E-state index in [1.165, 1.54) is 43.8 Å². The van der Waals surface area contributed by atoms with Gasteiger partial charge in [-0.3, -0.25) is 9.59 Å². The number of aliphatic hydroxyl groups is 1. The Morgan fingerprint density at radius 1 is 1.12 bits per heavy atom. The van der Waals surface area contributed by atoms with Gasteiger partial charge in [-0.2, -0.15) is 0 Å². The molecule has 1 aromatic carbocycles. The van der Waals surface area contributed by atoms with E-state index in [2.05, 4.69) is 0 Å². The van der Waals surface area contributed by atoms with E-state index in [9.17, 15) is 14.7 Å². The van der Waals surface area contributed by atoms with Crippen LogP contribution in [-0.4, -0.2) is 43.0 Å². The summed E-state index contributed by atoms with van der Waals surface area (Å²) in [6, 6.07) is 9.24. The van der Waals surface area contributed by atoms with Crippen molar-refractivity contribution in [2.75, 3.05) is 21.3 Å². The van der Waals surface area contributed by atoms with E-state index in [-0.39, 0.29) is 12.1 Å². The van der Waals surface area contributed by atoms with Crippen LogP contribution < -0.4 is 14.2 Å². The molecule has 0 saturated carbocycles. The number of hydrogen-bond acceptors (Lipinski definition) is 8. The van der Waals surface area contributed by atoms with Crippen molar-refractivity contribution in [2.45, 2.75) is 12.6 Å². The monoisotopic (exact) mass is 455 g/mol. The molecule has 0 fully saturated rings. The van der Waals surface area contributed by atoms with Gasteiger partial charge in [0, 0.05) is 0 Å². The van der Waals surface area contributed by atoms with Crippen LogP contribution in [0.15, 0.2) is 63.8 Å². The molecule has 0 bridgehead atoms. The van der Waals surface area contributed by atoms with Gasteiger partial charge in [-0.05, 0) is 41.3 Å². The first-order chi connectivity index (χ1) is 15.5. The summed E-state index contributed by atoms with van der Waals surface area (Å²) in [6.45, 7) is 0.0540. The number of methoxy groups -OCH3 is 3. The molecular weight excluding hydrogens is 434 g/mol. The topological polar surface area (TPSA) is 98.4 Å². The molecular formula is C23H21NO7S. The minimum atomic E-state index is -0.893. The molecule has 9 heteroatoms. The van der Waals surface area contributed by atoms with Crippen LogP contribution in [0.4, 0.5) is 0 Å². The van der Waals surface area contributed by atoms with Gasteiger partial charge in [-0.15, -0.1) is 11.3 Å². The Morgan fingerprint density at radius 2 is 1.84 bits per heavy atom. The molecule has 1 atom stereocenters. The second-order valence-corrected chi connectivity index (χ2v) is 7.89. The van der Waals surface area contributed by atoms with Gasteiger partial charge < -0.3 is 28.6 Å². The van der Waals surface area contributed by atoms with Crippen molar-refractivity contribution < 1.29 is 33.3 Å². The van der Waals surface area contributed by atoms with E-state index in [4.69, 9.17) is 18.6 Å². The molecule has 1 amide bonds. The molecule has 1 unspecified atom stereocenters. The van der Waals surface area contributed by atoms with Crippen molar-refractivity contribution in [1.29, 1.82) is 0 Å². The number of carbonyl (C=O) groups is 2. The van der Waals surface area contributed by atoms with Gasteiger partial charge in [0.2, 0.25) is 11.5 Å². The smallest absolute Gasteiger partial charge is 0.290 e. The van der Waals surface area contributed by atoms with Gasteiger partial charge in [0.25, 0.3) is 5.91 Å². The molecule has 0 radical (unpaired) electrons. The number of hydrogen-bond donors (Lipinski definition) is 1. The van der Waals surface area contributed by atoms with E-state index >= 15 is 0 Å². The normalized spacial score (nSPS) is 15.9. The maximum absolute atomic E-state index is 13.3. The molecule has 1 N–H and O–H groups in total. The first-order valence-corrected chi connectivity index (χ1v) is 10.5. The van der Waals surface area contributed by atoms with Crippen molar-refractivity contribution in [3.8, 4) is 17.2 Å². The largest absolute Gasteiger partial charge is 0.503 e. The second kappa shape index (κ2) is 8.80. The molecule has 0 spiro atoms. The SMILES string of the molecule is COc1cc(C2C(C(=O)c3cccs3)=C(O)C(=O)N2Cc2ccco2)cc(OC)c1OC. The Labute approximate surface area is 188 Å². The first kappa shape index (κ1) is 21.5. The number of furan rings is 1. The van der Waals surface area contributed by atoms with Crippen molar-refractivity contribution in [2.24, 2.45) is 0 Å². The van der Waals surface area contributed by atoms with Crippen LogP contribution in [-0.2, 0) is 11.3 Å². The van der Waals surface area contributed by atoms with Gasteiger partial charge >= 0.3 is 0 Å². The van der Waals surface area contributed by atoms with Gasteiger partial charge in [-0.25, -0.2) is 0 Å². The molecule has 166 valence electrons. The number of carbonyl (C=O) groups excluding carboxylic acids is 2. The van der Waals surface area contributed by atoms with Crippen molar-refractivity contribution in [3.05, 3.63) is 75.6 Å². The van der Waals surface area contributed by atoms with Crippen LogP contribution in [0.3, 0.4) is 0 Å². The van der Waals surface area contributed by atoms with Gasteiger partial charge in [-0.1, -0.05) is 6.07 Å². The number of ketones is 1. The highest BCUT2D eigenvalue weighted by molar-refractivity contribution is 7.12. The molecule has 1 aliphatic heterocycles. The zero-order chi connectivity index (χ0) is 22.8. The maximum Gasteiger partial charge on any atom is 0.290 e. The van der Waals surface area contributed by atoms with Crippen LogP contribution in [0.2, 0.25) is 0 Å². The third kappa shape index (κ3) is 3.60. The summed E-state index contributed by atoms with van der Waals surface area (Å²) < 4.78 is 21.7. The van der Waals surface area contributed by atoms with Gasteiger partial charge in [0.15, 0.2) is 17.3 Å². The minimum Gasteiger partial charge on any atom is -0.503 e. The summed E-state index contributed by atoms with van der Waals surface area (Å²) in [5, 5.41) is 12.5. The van der Waals surface area contributed by atoms with Crippen molar-refractivity contribution in [3.63, 3.8) is 0 Å². The van der Waals surface area contributed by atoms with Crippen molar-refractivity contribution >= 4 is 23.0 Å². The van der Waals surface area contributed by atoms with Gasteiger partial charge in [0.1, 0.15) is 5.76 Å². The van der Waals surface area contributed by atoms with Crippen LogP contribution in [0.25, 0.3) is 0 Å². The number of nitrogens with zero attached hydrogens (tertiary/aromatic N) is 1. The Kier molecular flexibility index (Phi) is 5.91. The van der Waals surface area contributed by atoms with E-state index < -0.39 is 23.5 Å². The molecule has 3 aromatic rings. The standard InChI is InChI=1S/C23H21NO7S/c1-28-15-10-13(11-16(29-2)22(15)30-3)19-18(20(25)17-7-5-9-32-17)21(26)23(27)24(19)12-14-6-4-8-31-14/h4-11,19,26H,12H2,1-3H3. The Morgan fingerprint density at radius 3 is 2.38 bits per heavy atom. The fourth-order valence-electron chi connectivity index (χ4n) is 3.77. The second-order valence-electron chi connectivity index (χ2n) is 6.94. The lowest BCUT2D eigenvalue weighted by Crippen LogP contribution is -2.30. The average molecular weight is 455 g/mol. The Bertz CT molecular complexity index is 1140. The predicted molar refractivity (Wildman–Crippen MR) is 116 cm³/mol. The van der Waals surface area contributed by atoms with Crippen LogP contribution in [0.1, 0.15) is 27.0 Å². The third-order valence-electron chi connectivity index (χ3n) is 5.20. The molecule has 4 rings (SSSR count). The molecule has 8 nitrogen and oxygen atoms in total. The number of amides is 1. The number of ether oxygens (including phenoxy) is 3. The summed E-state index contributed by atoms with van der Waals surface area (Å²) >= 11 is 1.23. The maximum atomic E-state index is 13.3. The highest BCUT2D eigenvalue weighted by Gasteiger charge is 2.45. The number of benzene rings is 1. The highest BCUT2D eigenvalue weighted by Crippen LogP contribution is 2.46. The van der Waals surface area contributed by atoms with Crippen molar-refractivity contribution in [1.82, 2.24) is 4.90 Å². The first-order valence-electron chi connectivity index (χ1n) is 9.64. The molecule has 0 aliphatic carbocycles. The summed E-state index contributed by atoms with van der Waals surface area (Å²) in [4.78, 5) is 28.2. The fourth-order valence-corrected chi connectivity index (χ4v) is 4.44. The van der Waals surface area contributed by atoms with E-state index in [0.29, 0.717) is 33.4 Å². The summed E-state index contributed by atoms with van der Waals surface area (Å²) in [6.07, 6.45) is 1.50. The molecule has 2 aromatic heterocycles. The zero-order valence-corrected chi connectivity index (χ0v) is 18.5. The lowest BCUT2D eigenvalue weighted by molar-refractivity contribution is -0.130. The summed E-state index contributed by atoms with van der Waals surface area (Å²) in [5.74, 6) is -0.0724. The molecule has 3 heterocycles.